The summed E-state index contributed by atoms with van der Waals surface area (Å²) in [6.07, 6.45) is 0.776. The van der Waals surface area contributed by atoms with E-state index in [9.17, 15) is 9.59 Å². The van der Waals surface area contributed by atoms with Crippen LogP contribution in [-0.2, 0) is 11.3 Å². The quantitative estimate of drug-likeness (QED) is 0.724. The third-order valence-corrected chi connectivity index (χ3v) is 3.21. The Morgan fingerprint density at radius 1 is 1.25 bits per heavy atom. The largest absolute Gasteiger partial charge is 0.481 e. The van der Waals surface area contributed by atoms with Gasteiger partial charge in [-0.05, 0) is 23.6 Å². The van der Waals surface area contributed by atoms with E-state index in [-0.39, 0.29) is 18.4 Å². The molecule has 6 heteroatoms. The molecule has 0 saturated carbocycles. The molecule has 1 aromatic rings. The van der Waals surface area contributed by atoms with Crippen LogP contribution < -0.4 is 10.6 Å². The van der Waals surface area contributed by atoms with Gasteiger partial charge in [-0.25, -0.2) is 4.79 Å². The zero-order valence-electron chi connectivity index (χ0n) is 11.4. The molecule has 0 bridgehead atoms. The Morgan fingerprint density at radius 3 is 2.45 bits per heavy atom. The van der Waals surface area contributed by atoms with Crippen LogP contribution in [0.15, 0.2) is 24.3 Å². The van der Waals surface area contributed by atoms with Gasteiger partial charge in [0.2, 0.25) is 0 Å². The van der Waals surface area contributed by atoms with E-state index in [4.69, 9.17) is 16.7 Å². The molecule has 1 atom stereocenters. The Kier molecular flexibility index (Phi) is 6.87. The Balaban J connectivity index is 2.29. The fourth-order valence-electron chi connectivity index (χ4n) is 1.69. The van der Waals surface area contributed by atoms with Crippen LogP contribution in [0.4, 0.5) is 4.79 Å². The SMILES string of the molecule is CCC(CNC(=O)NCc1ccc(Cl)cc1)CC(=O)O. The summed E-state index contributed by atoms with van der Waals surface area (Å²) >= 11 is 5.77. The highest BCUT2D eigenvalue weighted by molar-refractivity contribution is 6.30. The van der Waals surface area contributed by atoms with Crippen molar-refractivity contribution in [2.24, 2.45) is 5.92 Å². The van der Waals surface area contributed by atoms with E-state index in [1.54, 1.807) is 12.1 Å². The maximum atomic E-state index is 11.6. The number of halogens is 1. The molecule has 0 aromatic heterocycles. The van der Waals surface area contributed by atoms with Crippen molar-refractivity contribution in [3.05, 3.63) is 34.9 Å². The van der Waals surface area contributed by atoms with Crippen molar-refractivity contribution in [2.75, 3.05) is 6.54 Å². The lowest BCUT2D eigenvalue weighted by Gasteiger charge is -2.14. The number of benzene rings is 1. The molecule has 0 fully saturated rings. The number of aliphatic carboxylic acids is 1. The predicted octanol–water partition coefficient (Wildman–Crippen LogP) is 2.64. The van der Waals surface area contributed by atoms with Crippen molar-refractivity contribution in [3.8, 4) is 0 Å². The molecular formula is C14H19ClN2O3. The first kappa shape index (κ1) is 16.3. The Labute approximate surface area is 123 Å². The first-order valence-corrected chi connectivity index (χ1v) is 6.87. The second-order valence-electron chi connectivity index (χ2n) is 4.56. The number of nitrogens with one attached hydrogen (secondary N) is 2. The van der Waals surface area contributed by atoms with Gasteiger partial charge in [0, 0.05) is 24.5 Å². The highest BCUT2D eigenvalue weighted by atomic mass is 35.5. The summed E-state index contributed by atoms with van der Waals surface area (Å²) in [5.41, 5.74) is 0.946. The van der Waals surface area contributed by atoms with E-state index < -0.39 is 5.97 Å². The van der Waals surface area contributed by atoms with Crippen LogP contribution in [0.3, 0.4) is 0 Å². The van der Waals surface area contributed by atoms with Crippen LogP contribution in [0.1, 0.15) is 25.3 Å². The smallest absolute Gasteiger partial charge is 0.315 e. The van der Waals surface area contributed by atoms with Gasteiger partial charge in [0.05, 0.1) is 0 Å². The van der Waals surface area contributed by atoms with Crippen molar-refractivity contribution in [2.45, 2.75) is 26.3 Å². The molecule has 0 spiro atoms. The molecule has 2 amide bonds. The lowest BCUT2D eigenvalue weighted by Crippen LogP contribution is -2.38. The maximum Gasteiger partial charge on any atom is 0.315 e. The number of rotatable bonds is 7. The normalized spacial score (nSPS) is 11.7. The lowest BCUT2D eigenvalue weighted by molar-refractivity contribution is -0.138. The molecule has 0 heterocycles. The molecule has 0 radical (unpaired) electrons. The highest BCUT2D eigenvalue weighted by Crippen LogP contribution is 2.09. The minimum Gasteiger partial charge on any atom is -0.481 e. The van der Waals surface area contributed by atoms with Crippen LogP contribution in [-0.4, -0.2) is 23.7 Å². The first-order valence-electron chi connectivity index (χ1n) is 6.49. The topological polar surface area (TPSA) is 78.4 Å². The summed E-state index contributed by atoms with van der Waals surface area (Å²) in [7, 11) is 0. The molecule has 0 saturated heterocycles. The number of carboxylic acids is 1. The van der Waals surface area contributed by atoms with Gasteiger partial charge in [0.15, 0.2) is 0 Å². The average molecular weight is 299 g/mol. The van der Waals surface area contributed by atoms with Gasteiger partial charge in [0.25, 0.3) is 0 Å². The van der Waals surface area contributed by atoms with E-state index in [2.05, 4.69) is 10.6 Å². The van der Waals surface area contributed by atoms with E-state index in [1.807, 2.05) is 19.1 Å². The summed E-state index contributed by atoms with van der Waals surface area (Å²) in [6, 6.07) is 6.89. The predicted molar refractivity (Wildman–Crippen MR) is 77.7 cm³/mol. The van der Waals surface area contributed by atoms with Crippen LogP contribution in [0.5, 0.6) is 0 Å². The van der Waals surface area contributed by atoms with Crippen LogP contribution >= 0.6 is 11.6 Å². The summed E-state index contributed by atoms with van der Waals surface area (Å²) < 4.78 is 0. The van der Waals surface area contributed by atoms with E-state index >= 15 is 0 Å². The van der Waals surface area contributed by atoms with Gasteiger partial charge < -0.3 is 15.7 Å². The third-order valence-electron chi connectivity index (χ3n) is 2.96. The summed E-state index contributed by atoms with van der Waals surface area (Å²) in [4.78, 5) is 22.2. The zero-order chi connectivity index (χ0) is 15.0. The molecule has 20 heavy (non-hydrogen) atoms. The Hall–Kier alpha value is -1.75. The van der Waals surface area contributed by atoms with Crippen LogP contribution in [0.2, 0.25) is 5.02 Å². The fourth-order valence-corrected chi connectivity index (χ4v) is 1.82. The van der Waals surface area contributed by atoms with Crippen molar-refractivity contribution in [3.63, 3.8) is 0 Å². The molecule has 1 unspecified atom stereocenters. The van der Waals surface area contributed by atoms with Crippen molar-refractivity contribution in [1.29, 1.82) is 0 Å². The Morgan fingerprint density at radius 2 is 1.90 bits per heavy atom. The number of urea groups is 1. The van der Waals surface area contributed by atoms with Crippen LogP contribution in [0, 0.1) is 5.92 Å². The standard InChI is InChI=1S/C14H19ClN2O3/c1-2-10(7-13(18)19)8-16-14(20)17-9-11-3-5-12(15)6-4-11/h3-6,10H,2,7-9H2,1H3,(H,18,19)(H2,16,17,20). The minimum atomic E-state index is -0.847. The molecular weight excluding hydrogens is 280 g/mol. The van der Waals surface area contributed by atoms with Gasteiger partial charge in [0.1, 0.15) is 0 Å². The zero-order valence-corrected chi connectivity index (χ0v) is 12.1. The first-order chi connectivity index (χ1) is 9.51. The van der Waals surface area contributed by atoms with Crippen LogP contribution in [0.25, 0.3) is 0 Å². The number of hydrogen-bond acceptors (Lipinski definition) is 2. The number of carbonyl (C=O) groups excluding carboxylic acids is 1. The lowest BCUT2D eigenvalue weighted by atomic mass is 10.0. The molecule has 1 aromatic carbocycles. The maximum absolute atomic E-state index is 11.6. The number of hydrogen-bond donors (Lipinski definition) is 3. The monoisotopic (exact) mass is 298 g/mol. The molecule has 0 aliphatic carbocycles. The number of amides is 2. The summed E-state index contributed by atoms with van der Waals surface area (Å²) in [6.45, 7) is 2.66. The van der Waals surface area contributed by atoms with Crippen molar-refractivity contribution < 1.29 is 14.7 Å². The van der Waals surface area contributed by atoms with Gasteiger partial charge in [-0.15, -0.1) is 0 Å². The summed E-state index contributed by atoms with van der Waals surface area (Å²) in [5, 5.41) is 14.8. The third kappa shape index (κ3) is 6.43. The van der Waals surface area contributed by atoms with Gasteiger partial charge in [-0.1, -0.05) is 37.1 Å². The van der Waals surface area contributed by atoms with E-state index in [1.165, 1.54) is 0 Å². The second kappa shape index (κ2) is 8.43. The summed E-state index contributed by atoms with van der Waals surface area (Å²) in [5.74, 6) is -0.894. The van der Waals surface area contributed by atoms with Crippen molar-refractivity contribution in [1.82, 2.24) is 10.6 Å². The Bertz CT molecular complexity index is 448. The van der Waals surface area contributed by atoms with E-state index in [0.29, 0.717) is 24.5 Å². The second-order valence-corrected chi connectivity index (χ2v) is 5.00. The molecule has 3 N–H and O–H groups in total. The highest BCUT2D eigenvalue weighted by Gasteiger charge is 2.12. The van der Waals surface area contributed by atoms with Gasteiger partial charge >= 0.3 is 12.0 Å². The molecule has 0 aliphatic heterocycles. The van der Waals surface area contributed by atoms with Gasteiger partial charge in [-0.3, -0.25) is 4.79 Å². The molecule has 5 nitrogen and oxygen atoms in total. The van der Waals surface area contributed by atoms with Crippen molar-refractivity contribution >= 4 is 23.6 Å². The number of carbonyl (C=O) groups is 2. The number of carboxylic acid groups (broad SMARTS) is 1. The average Bonchev–Trinajstić information content (AvgIpc) is 2.42. The van der Waals surface area contributed by atoms with Gasteiger partial charge in [-0.2, -0.15) is 0 Å². The fraction of sp³-hybridized carbons (Fsp3) is 0.429. The minimum absolute atomic E-state index is 0.0474. The molecule has 110 valence electrons. The van der Waals surface area contributed by atoms with E-state index in [0.717, 1.165) is 5.56 Å². The molecule has 0 aliphatic rings. The molecule has 1 rings (SSSR count).